The van der Waals surface area contributed by atoms with Crippen LogP contribution in [0.1, 0.15) is 54.7 Å². The molecule has 1 aliphatic rings. The Morgan fingerprint density at radius 3 is 2.50 bits per heavy atom. The van der Waals surface area contributed by atoms with Crippen LogP contribution in [0.4, 0.5) is 11.5 Å². The van der Waals surface area contributed by atoms with Crippen molar-refractivity contribution in [2.24, 2.45) is 0 Å². The highest BCUT2D eigenvalue weighted by Gasteiger charge is 2.33. The molecule has 2 atom stereocenters. The zero-order valence-electron chi connectivity index (χ0n) is 18.2. The van der Waals surface area contributed by atoms with Crippen LogP contribution in [0.3, 0.4) is 0 Å². The number of carbonyl (C=O) groups is 2. The maximum Gasteiger partial charge on any atom is 0.224 e. The van der Waals surface area contributed by atoms with Gasteiger partial charge in [-0.1, -0.05) is 6.07 Å². The molecule has 4 rings (SSSR count). The summed E-state index contributed by atoms with van der Waals surface area (Å²) in [4.78, 5) is 34.6. The van der Waals surface area contributed by atoms with E-state index in [0.717, 1.165) is 22.5 Å². The van der Waals surface area contributed by atoms with Crippen molar-refractivity contribution in [3.05, 3.63) is 71.5 Å². The molecule has 0 aliphatic carbocycles. The van der Waals surface area contributed by atoms with Crippen molar-refractivity contribution >= 4 is 23.2 Å². The number of hydrogen-bond donors (Lipinski definition) is 1. The molecular formula is C25H23N5O2. The number of anilines is 2. The SMILES string of the molecule is CC(=O)c1ccc(-c2ccc3c(c2)[C@H](Nc2ccc(C#N)cn2)C[C@H](C)N3C(C)=O)nc1. The van der Waals surface area contributed by atoms with Gasteiger partial charge in [0.05, 0.1) is 17.3 Å². The van der Waals surface area contributed by atoms with Gasteiger partial charge in [0.15, 0.2) is 5.78 Å². The molecule has 2 aromatic heterocycles. The van der Waals surface area contributed by atoms with Gasteiger partial charge < -0.3 is 10.2 Å². The van der Waals surface area contributed by atoms with Gasteiger partial charge in [-0.25, -0.2) is 4.98 Å². The molecule has 0 fully saturated rings. The van der Waals surface area contributed by atoms with E-state index in [-0.39, 0.29) is 23.8 Å². The minimum atomic E-state index is -0.0764. The fourth-order valence-electron chi connectivity index (χ4n) is 4.14. The van der Waals surface area contributed by atoms with Gasteiger partial charge in [-0.2, -0.15) is 5.26 Å². The summed E-state index contributed by atoms with van der Waals surface area (Å²) in [5, 5.41) is 12.5. The maximum absolute atomic E-state index is 12.4. The average Bonchev–Trinajstić information content (AvgIpc) is 2.79. The molecule has 0 saturated heterocycles. The van der Waals surface area contributed by atoms with Crippen LogP contribution in [0.15, 0.2) is 54.9 Å². The molecule has 32 heavy (non-hydrogen) atoms. The molecule has 0 bridgehead atoms. The second-order valence-electron chi connectivity index (χ2n) is 7.98. The van der Waals surface area contributed by atoms with Crippen LogP contribution in [-0.4, -0.2) is 27.7 Å². The third-order valence-corrected chi connectivity index (χ3v) is 5.70. The van der Waals surface area contributed by atoms with Crippen LogP contribution >= 0.6 is 0 Å². The molecule has 160 valence electrons. The van der Waals surface area contributed by atoms with E-state index in [0.29, 0.717) is 23.4 Å². The first-order valence-corrected chi connectivity index (χ1v) is 10.4. The lowest BCUT2D eigenvalue weighted by Crippen LogP contribution is -2.43. The number of ketones is 1. The minimum Gasteiger partial charge on any atom is -0.363 e. The van der Waals surface area contributed by atoms with Gasteiger partial charge in [-0.05, 0) is 62.2 Å². The molecule has 3 aromatic rings. The summed E-state index contributed by atoms with van der Waals surface area (Å²) in [5.74, 6) is 0.628. The lowest BCUT2D eigenvalue weighted by molar-refractivity contribution is -0.117. The molecule has 3 heterocycles. The Morgan fingerprint density at radius 2 is 1.91 bits per heavy atom. The van der Waals surface area contributed by atoms with E-state index in [4.69, 9.17) is 5.26 Å². The lowest BCUT2D eigenvalue weighted by atomic mass is 9.89. The summed E-state index contributed by atoms with van der Waals surface area (Å²) in [7, 11) is 0. The molecule has 7 nitrogen and oxygen atoms in total. The van der Waals surface area contributed by atoms with Crippen LogP contribution in [0.5, 0.6) is 0 Å². The Kier molecular flexibility index (Phi) is 5.69. The minimum absolute atomic E-state index is 0.00890. The first-order chi connectivity index (χ1) is 15.4. The highest BCUT2D eigenvalue weighted by Crippen LogP contribution is 2.40. The average molecular weight is 425 g/mol. The van der Waals surface area contributed by atoms with E-state index in [2.05, 4.69) is 21.4 Å². The topological polar surface area (TPSA) is 99.0 Å². The van der Waals surface area contributed by atoms with Gasteiger partial charge >= 0.3 is 0 Å². The van der Waals surface area contributed by atoms with Crippen LogP contribution < -0.4 is 10.2 Å². The Hall–Kier alpha value is -4.05. The second-order valence-corrected chi connectivity index (χ2v) is 7.98. The molecule has 1 aromatic carbocycles. The molecule has 1 aliphatic heterocycles. The van der Waals surface area contributed by atoms with Crippen molar-refractivity contribution in [2.45, 2.75) is 39.3 Å². The number of nitrogens with zero attached hydrogens (tertiary/aromatic N) is 4. The largest absolute Gasteiger partial charge is 0.363 e. The highest BCUT2D eigenvalue weighted by atomic mass is 16.2. The predicted octanol–water partition coefficient (Wildman–Crippen LogP) is 4.52. The molecule has 0 spiro atoms. The Morgan fingerprint density at radius 1 is 1.09 bits per heavy atom. The lowest BCUT2D eigenvalue weighted by Gasteiger charge is -2.39. The van der Waals surface area contributed by atoms with E-state index in [1.54, 1.807) is 31.3 Å². The van der Waals surface area contributed by atoms with Gasteiger partial charge in [0.25, 0.3) is 0 Å². The smallest absolute Gasteiger partial charge is 0.224 e. The van der Waals surface area contributed by atoms with Gasteiger partial charge in [0.2, 0.25) is 5.91 Å². The first kappa shape index (κ1) is 21.2. The third kappa shape index (κ3) is 4.08. The second kappa shape index (κ2) is 8.60. The van der Waals surface area contributed by atoms with Gasteiger partial charge in [-0.15, -0.1) is 0 Å². The van der Waals surface area contributed by atoms with E-state index in [1.165, 1.54) is 13.1 Å². The number of hydrogen-bond acceptors (Lipinski definition) is 6. The zero-order chi connectivity index (χ0) is 22.8. The fraction of sp³-hybridized carbons (Fsp3) is 0.240. The molecule has 1 amide bonds. The standard InChI is InChI=1S/C25H23N5O2/c1-15-10-23(29-25-9-4-18(12-26)13-28-25)21-11-19(6-8-24(21)30(15)17(3)32)22-7-5-20(14-27-22)16(2)31/h4-9,11,13-15,23H,10H2,1-3H3,(H,28,29)/t15-,23+/m0/s1. The monoisotopic (exact) mass is 425 g/mol. The summed E-state index contributed by atoms with van der Waals surface area (Å²) >= 11 is 0. The van der Waals surface area contributed by atoms with Crippen molar-refractivity contribution in [3.63, 3.8) is 0 Å². The summed E-state index contributed by atoms with van der Waals surface area (Å²) in [6.07, 6.45) is 3.82. The van der Waals surface area contributed by atoms with Gasteiger partial charge in [0.1, 0.15) is 11.9 Å². The Balaban J connectivity index is 1.74. The number of nitriles is 1. The Labute approximate surface area is 186 Å². The van der Waals surface area contributed by atoms with Crippen LogP contribution in [0.2, 0.25) is 0 Å². The van der Waals surface area contributed by atoms with E-state index >= 15 is 0 Å². The van der Waals surface area contributed by atoms with Gasteiger partial charge in [-0.3, -0.25) is 14.6 Å². The van der Waals surface area contributed by atoms with Crippen molar-refractivity contribution in [1.29, 1.82) is 5.26 Å². The number of benzene rings is 1. The first-order valence-electron chi connectivity index (χ1n) is 10.4. The summed E-state index contributed by atoms with van der Waals surface area (Å²) in [5.41, 5.74) is 4.54. The van der Waals surface area contributed by atoms with Gasteiger partial charge in [0, 0.05) is 42.2 Å². The summed E-state index contributed by atoms with van der Waals surface area (Å²) < 4.78 is 0. The molecule has 0 saturated carbocycles. The maximum atomic E-state index is 12.4. The number of aromatic nitrogens is 2. The van der Waals surface area contributed by atoms with Crippen LogP contribution in [0, 0.1) is 11.3 Å². The van der Waals surface area contributed by atoms with Crippen LogP contribution in [0.25, 0.3) is 11.3 Å². The van der Waals surface area contributed by atoms with E-state index in [1.807, 2.05) is 36.1 Å². The van der Waals surface area contributed by atoms with Crippen molar-refractivity contribution in [3.8, 4) is 17.3 Å². The normalized spacial score (nSPS) is 17.2. The summed E-state index contributed by atoms with van der Waals surface area (Å²) in [6, 6.07) is 15.0. The number of fused-ring (bicyclic) bond motifs is 1. The number of amides is 1. The van der Waals surface area contributed by atoms with Crippen molar-refractivity contribution < 1.29 is 9.59 Å². The number of nitrogens with one attached hydrogen (secondary N) is 1. The van der Waals surface area contributed by atoms with Crippen molar-refractivity contribution in [2.75, 3.05) is 10.2 Å². The molecule has 1 N–H and O–H groups in total. The number of rotatable bonds is 4. The predicted molar refractivity (Wildman–Crippen MR) is 122 cm³/mol. The molecular weight excluding hydrogens is 402 g/mol. The quantitative estimate of drug-likeness (QED) is 0.617. The third-order valence-electron chi connectivity index (χ3n) is 5.70. The number of carbonyl (C=O) groups excluding carboxylic acids is 2. The summed E-state index contributed by atoms with van der Waals surface area (Å²) in [6.45, 7) is 5.12. The Bertz CT molecular complexity index is 1210. The molecule has 0 unspecified atom stereocenters. The molecule has 7 heteroatoms. The van der Waals surface area contributed by atoms with Crippen molar-refractivity contribution in [1.82, 2.24) is 9.97 Å². The fourth-order valence-corrected chi connectivity index (χ4v) is 4.14. The van der Waals surface area contributed by atoms with E-state index < -0.39 is 0 Å². The number of pyridine rings is 2. The highest BCUT2D eigenvalue weighted by molar-refractivity contribution is 5.95. The van der Waals surface area contributed by atoms with E-state index in [9.17, 15) is 9.59 Å². The number of Topliss-reactive ketones (excluding diaryl/α,β-unsaturated/α-hetero) is 1. The zero-order valence-corrected chi connectivity index (χ0v) is 18.2. The van der Waals surface area contributed by atoms with Crippen LogP contribution in [-0.2, 0) is 4.79 Å². The molecule has 0 radical (unpaired) electrons.